The average Bonchev–Trinajstić information content (AvgIpc) is 3.17. The Kier molecular flexibility index (Phi) is 5.01. The standard InChI is InChI=1S/C20H19N5O3/c1-26-18-15(12-24-20(25-18)27-2)17-19(22-9-8-21-17)28-10-7-13-11-23-16-6-4-3-5-14(13)16/h3-6,8-9,11-12,23H,7,10H2,1-2H3. The number of nitrogens with zero attached hydrogens (tertiary/aromatic N) is 4. The number of rotatable bonds is 7. The van der Waals surface area contributed by atoms with Gasteiger partial charge in [0.2, 0.25) is 11.8 Å². The molecule has 3 heterocycles. The number of benzene rings is 1. The molecule has 4 rings (SSSR count). The molecule has 0 saturated carbocycles. The van der Waals surface area contributed by atoms with E-state index in [0.717, 1.165) is 11.9 Å². The van der Waals surface area contributed by atoms with Crippen LogP contribution < -0.4 is 14.2 Å². The topological polar surface area (TPSA) is 95.0 Å². The number of fused-ring (bicyclic) bond motifs is 1. The predicted molar refractivity (Wildman–Crippen MR) is 104 cm³/mol. The van der Waals surface area contributed by atoms with E-state index in [0.29, 0.717) is 29.6 Å². The lowest BCUT2D eigenvalue weighted by Gasteiger charge is -2.11. The SMILES string of the molecule is COc1ncc(-c2nccnc2OCCc2c[nH]c3ccccc23)c(OC)n1. The summed E-state index contributed by atoms with van der Waals surface area (Å²) in [6, 6.07) is 8.39. The third kappa shape index (κ3) is 3.44. The second kappa shape index (κ2) is 7.91. The van der Waals surface area contributed by atoms with Gasteiger partial charge in [0.1, 0.15) is 5.69 Å². The first-order valence-electron chi connectivity index (χ1n) is 8.74. The Morgan fingerprint density at radius 2 is 1.82 bits per heavy atom. The lowest BCUT2D eigenvalue weighted by Crippen LogP contribution is -2.05. The van der Waals surface area contributed by atoms with Crippen LogP contribution in [0.4, 0.5) is 0 Å². The maximum atomic E-state index is 5.94. The summed E-state index contributed by atoms with van der Waals surface area (Å²) in [5, 5.41) is 1.19. The van der Waals surface area contributed by atoms with Crippen molar-refractivity contribution in [1.29, 1.82) is 0 Å². The van der Waals surface area contributed by atoms with Crippen molar-refractivity contribution in [2.24, 2.45) is 0 Å². The van der Waals surface area contributed by atoms with Crippen molar-refractivity contribution in [1.82, 2.24) is 24.9 Å². The van der Waals surface area contributed by atoms with Crippen LogP contribution in [0, 0.1) is 0 Å². The lowest BCUT2D eigenvalue weighted by molar-refractivity contribution is 0.309. The molecular formula is C20H19N5O3. The summed E-state index contributed by atoms with van der Waals surface area (Å²) in [7, 11) is 3.02. The van der Waals surface area contributed by atoms with Crippen LogP contribution >= 0.6 is 0 Å². The van der Waals surface area contributed by atoms with Gasteiger partial charge in [-0.3, -0.25) is 0 Å². The van der Waals surface area contributed by atoms with Crippen molar-refractivity contribution >= 4 is 10.9 Å². The van der Waals surface area contributed by atoms with Crippen LogP contribution in [-0.2, 0) is 6.42 Å². The van der Waals surface area contributed by atoms with E-state index in [-0.39, 0.29) is 6.01 Å². The van der Waals surface area contributed by atoms with Gasteiger partial charge < -0.3 is 19.2 Å². The Morgan fingerprint density at radius 1 is 0.964 bits per heavy atom. The van der Waals surface area contributed by atoms with Crippen molar-refractivity contribution in [2.75, 3.05) is 20.8 Å². The quantitative estimate of drug-likeness (QED) is 0.529. The van der Waals surface area contributed by atoms with Gasteiger partial charge in [-0.1, -0.05) is 18.2 Å². The Bertz CT molecular complexity index is 1100. The molecule has 1 aromatic carbocycles. The Morgan fingerprint density at radius 3 is 2.68 bits per heavy atom. The van der Waals surface area contributed by atoms with E-state index in [1.165, 1.54) is 25.2 Å². The fourth-order valence-corrected chi connectivity index (χ4v) is 2.98. The Labute approximate surface area is 161 Å². The molecule has 3 aromatic heterocycles. The van der Waals surface area contributed by atoms with Crippen LogP contribution in [0.5, 0.6) is 17.8 Å². The molecule has 0 bridgehead atoms. The first kappa shape index (κ1) is 17.7. The highest BCUT2D eigenvalue weighted by Gasteiger charge is 2.17. The second-order valence-corrected chi connectivity index (χ2v) is 5.95. The molecular weight excluding hydrogens is 358 g/mol. The van der Waals surface area contributed by atoms with E-state index in [2.05, 4.69) is 37.1 Å². The molecule has 0 radical (unpaired) electrons. The highest BCUT2D eigenvalue weighted by molar-refractivity contribution is 5.83. The average molecular weight is 377 g/mol. The van der Waals surface area contributed by atoms with Gasteiger partial charge in [0.05, 0.1) is 26.4 Å². The number of ether oxygens (including phenoxy) is 3. The van der Waals surface area contributed by atoms with Crippen molar-refractivity contribution in [2.45, 2.75) is 6.42 Å². The number of aromatic amines is 1. The molecule has 8 nitrogen and oxygen atoms in total. The molecule has 28 heavy (non-hydrogen) atoms. The van der Waals surface area contributed by atoms with Gasteiger partial charge >= 0.3 is 6.01 Å². The number of methoxy groups -OCH3 is 2. The molecule has 0 atom stereocenters. The second-order valence-electron chi connectivity index (χ2n) is 5.95. The minimum atomic E-state index is 0.214. The van der Waals surface area contributed by atoms with E-state index < -0.39 is 0 Å². The van der Waals surface area contributed by atoms with E-state index >= 15 is 0 Å². The van der Waals surface area contributed by atoms with Crippen LogP contribution in [0.15, 0.2) is 49.1 Å². The summed E-state index contributed by atoms with van der Waals surface area (Å²) in [5.41, 5.74) is 3.39. The van der Waals surface area contributed by atoms with E-state index in [4.69, 9.17) is 14.2 Å². The summed E-state index contributed by atoms with van der Waals surface area (Å²) in [4.78, 5) is 20.3. The number of nitrogens with one attached hydrogen (secondary N) is 1. The molecule has 0 aliphatic heterocycles. The normalized spacial score (nSPS) is 10.8. The van der Waals surface area contributed by atoms with Gasteiger partial charge in [0.15, 0.2) is 0 Å². The summed E-state index contributed by atoms with van der Waals surface area (Å²) in [6.07, 6.45) is 7.50. The minimum Gasteiger partial charge on any atom is -0.480 e. The first-order chi connectivity index (χ1) is 13.8. The Hall–Kier alpha value is -3.68. The fraction of sp³-hybridized carbons (Fsp3) is 0.200. The number of hydrogen-bond donors (Lipinski definition) is 1. The van der Waals surface area contributed by atoms with E-state index in [1.807, 2.05) is 18.3 Å². The van der Waals surface area contributed by atoms with Gasteiger partial charge in [0, 0.05) is 42.1 Å². The molecule has 1 N–H and O–H groups in total. The van der Waals surface area contributed by atoms with E-state index in [9.17, 15) is 0 Å². The predicted octanol–water partition coefficient (Wildman–Crippen LogP) is 3.05. The molecule has 8 heteroatoms. The molecule has 0 aliphatic carbocycles. The molecule has 0 saturated heterocycles. The lowest BCUT2D eigenvalue weighted by atomic mass is 10.1. The highest BCUT2D eigenvalue weighted by Crippen LogP contribution is 2.32. The fourth-order valence-electron chi connectivity index (χ4n) is 2.98. The van der Waals surface area contributed by atoms with Crippen LogP contribution in [-0.4, -0.2) is 45.7 Å². The molecule has 0 unspecified atom stereocenters. The molecule has 0 spiro atoms. The van der Waals surface area contributed by atoms with Gasteiger partial charge in [-0.25, -0.2) is 15.0 Å². The van der Waals surface area contributed by atoms with Crippen LogP contribution in [0.3, 0.4) is 0 Å². The zero-order valence-corrected chi connectivity index (χ0v) is 15.5. The summed E-state index contributed by atoms with van der Waals surface area (Å²) in [6.45, 7) is 0.451. The zero-order valence-electron chi connectivity index (χ0n) is 15.5. The van der Waals surface area contributed by atoms with Gasteiger partial charge in [-0.15, -0.1) is 0 Å². The van der Waals surface area contributed by atoms with Crippen LogP contribution in [0.25, 0.3) is 22.2 Å². The third-order valence-electron chi connectivity index (χ3n) is 4.31. The summed E-state index contributed by atoms with van der Waals surface area (Å²) in [5.74, 6) is 0.739. The highest BCUT2D eigenvalue weighted by atomic mass is 16.5. The third-order valence-corrected chi connectivity index (χ3v) is 4.31. The Balaban J connectivity index is 1.55. The first-order valence-corrected chi connectivity index (χ1v) is 8.74. The monoisotopic (exact) mass is 377 g/mol. The number of para-hydroxylation sites is 1. The maximum Gasteiger partial charge on any atom is 0.319 e. The van der Waals surface area contributed by atoms with Crippen molar-refractivity contribution < 1.29 is 14.2 Å². The van der Waals surface area contributed by atoms with Gasteiger partial charge in [-0.05, 0) is 11.6 Å². The largest absolute Gasteiger partial charge is 0.480 e. The number of hydrogen-bond acceptors (Lipinski definition) is 7. The van der Waals surface area contributed by atoms with Gasteiger partial charge in [-0.2, -0.15) is 4.98 Å². The summed E-state index contributed by atoms with van der Waals surface area (Å²) >= 11 is 0. The minimum absolute atomic E-state index is 0.214. The van der Waals surface area contributed by atoms with Crippen LogP contribution in [0.1, 0.15) is 5.56 Å². The molecule has 0 fully saturated rings. The van der Waals surface area contributed by atoms with Gasteiger partial charge in [0.25, 0.3) is 0 Å². The maximum absolute atomic E-state index is 5.94. The van der Waals surface area contributed by atoms with E-state index in [1.54, 1.807) is 18.6 Å². The molecule has 0 aliphatic rings. The van der Waals surface area contributed by atoms with Crippen molar-refractivity contribution in [3.05, 3.63) is 54.6 Å². The van der Waals surface area contributed by atoms with Crippen LogP contribution in [0.2, 0.25) is 0 Å². The molecule has 4 aromatic rings. The van der Waals surface area contributed by atoms with Crippen molar-refractivity contribution in [3.8, 4) is 29.0 Å². The molecule has 0 amide bonds. The zero-order chi connectivity index (χ0) is 19.3. The number of aromatic nitrogens is 5. The van der Waals surface area contributed by atoms with Crippen molar-refractivity contribution in [3.63, 3.8) is 0 Å². The molecule has 142 valence electrons. The number of H-pyrrole nitrogens is 1. The smallest absolute Gasteiger partial charge is 0.319 e. The summed E-state index contributed by atoms with van der Waals surface area (Å²) < 4.78 is 16.3.